The van der Waals surface area contributed by atoms with Crippen LogP contribution in [0.2, 0.25) is 0 Å². The van der Waals surface area contributed by atoms with E-state index in [2.05, 4.69) is 10.2 Å². The highest BCUT2D eigenvalue weighted by atomic mass is 32.1. The average Bonchev–Trinajstić information content (AvgIpc) is 2.83. The van der Waals surface area contributed by atoms with Crippen LogP contribution in [0.15, 0.2) is 16.5 Å². The van der Waals surface area contributed by atoms with E-state index in [1.165, 1.54) is 0 Å². The van der Waals surface area contributed by atoms with Crippen molar-refractivity contribution in [3.05, 3.63) is 22.9 Å². The summed E-state index contributed by atoms with van der Waals surface area (Å²) in [7, 11) is 0. The summed E-state index contributed by atoms with van der Waals surface area (Å²) in [4.78, 5) is 0. The van der Waals surface area contributed by atoms with E-state index < -0.39 is 0 Å². The summed E-state index contributed by atoms with van der Waals surface area (Å²) in [6, 6.07) is 3.85. The zero-order chi connectivity index (χ0) is 10.7. The Morgan fingerprint density at radius 2 is 2.27 bits per heavy atom. The Labute approximate surface area is 92.1 Å². The second kappa shape index (κ2) is 4.55. The van der Waals surface area contributed by atoms with Gasteiger partial charge in [0.1, 0.15) is 10.8 Å². The number of hydrogen-bond acceptors (Lipinski definition) is 5. The normalized spacial score (nSPS) is 10.8. The lowest BCUT2D eigenvalue weighted by molar-refractivity contribution is 0.547. The predicted molar refractivity (Wildman–Crippen MR) is 59.7 cm³/mol. The first kappa shape index (κ1) is 10.3. The molecule has 5 heteroatoms. The molecular formula is C10H13N3OS. The molecule has 4 nitrogen and oxygen atoms in total. The highest BCUT2D eigenvalue weighted by molar-refractivity contribution is 7.14. The summed E-state index contributed by atoms with van der Waals surface area (Å²) in [5, 5.41) is 10.0. The highest BCUT2D eigenvalue weighted by Crippen LogP contribution is 2.25. The van der Waals surface area contributed by atoms with Gasteiger partial charge in [-0.2, -0.15) is 0 Å². The Morgan fingerprint density at radius 3 is 2.93 bits per heavy atom. The van der Waals surface area contributed by atoms with Gasteiger partial charge >= 0.3 is 0 Å². The van der Waals surface area contributed by atoms with Crippen molar-refractivity contribution in [2.45, 2.75) is 19.8 Å². The number of nitrogens with two attached hydrogens (primary N) is 1. The summed E-state index contributed by atoms with van der Waals surface area (Å²) < 4.78 is 5.47. The van der Waals surface area contributed by atoms with E-state index in [0.717, 1.165) is 34.4 Å². The second-order valence-electron chi connectivity index (χ2n) is 3.30. The Hall–Kier alpha value is -1.20. The van der Waals surface area contributed by atoms with Gasteiger partial charge in [0, 0.05) is 6.42 Å². The Morgan fingerprint density at radius 1 is 1.40 bits per heavy atom. The van der Waals surface area contributed by atoms with Crippen molar-refractivity contribution in [2.75, 3.05) is 6.54 Å². The molecule has 0 aromatic carbocycles. The minimum atomic E-state index is 0.689. The molecule has 2 heterocycles. The van der Waals surface area contributed by atoms with Crippen LogP contribution >= 0.6 is 11.3 Å². The largest absolute Gasteiger partial charge is 0.459 e. The molecule has 15 heavy (non-hydrogen) atoms. The molecule has 2 rings (SSSR count). The molecule has 0 bridgehead atoms. The van der Waals surface area contributed by atoms with E-state index in [0.29, 0.717) is 6.54 Å². The van der Waals surface area contributed by atoms with Crippen LogP contribution in [0, 0.1) is 6.92 Å². The van der Waals surface area contributed by atoms with Crippen LogP contribution in [-0.2, 0) is 6.42 Å². The molecule has 0 aliphatic carbocycles. The average molecular weight is 223 g/mol. The number of hydrogen-bond donors (Lipinski definition) is 1. The molecule has 0 spiro atoms. The third-order valence-electron chi connectivity index (χ3n) is 2.01. The van der Waals surface area contributed by atoms with Crippen molar-refractivity contribution in [3.63, 3.8) is 0 Å². The zero-order valence-corrected chi connectivity index (χ0v) is 9.38. The SMILES string of the molecule is Cc1ccc(-c2nnc(CCCN)s2)o1. The summed E-state index contributed by atoms with van der Waals surface area (Å²) in [5.41, 5.74) is 5.44. The van der Waals surface area contributed by atoms with Crippen LogP contribution in [0.1, 0.15) is 17.2 Å². The zero-order valence-electron chi connectivity index (χ0n) is 8.56. The van der Waals surface area contributed by atoms with Crippen molar-refractivity contribution < 1.29 is 4.42 Å². The fourth-order valence-corrected chi connectivity index (χ4v) is 2.10. The first-order valence-electron chi connectivity index (χ1n) is 4.89. The van der Waals surface area contributed by atoms with Crippen molar-refractivity contribution in [1.82, 2.24) is 10.2 Å². The van der Waals surface area contributed by atoms with Crippen LogP contribution in [-0.4, -0.2) is 16.7 Å². The predicted octanol–water partition coefficient (Wildman–Crippen LogP) is 2.00. The maximum atomic E-state index is 5.47. The number of rotatable bonds is 4. The standard InChI is InChI=1S/C10H13N3OS/c1-7-4-5-8(14-7)10-13-12-9(15-10)3-2-6-11/h4-5H,2-3,6,11H2,1H3. The van der Waals surface area contributed by atoms with Crippen molar-refractivity contribution in [1.29, 1.82) is 0 Å². The number of aryl methyl sites for hydroxylation is 2. The molecule has 0 radical (unpaired) electrons. The minimum absolute atomic E-state index is 0.689. The van der Waals surface area contributed by atoms with Crippen LogP contribution in [0.25, 0.3) is 10.8 Å². The van der Waals surface area contributed by atoms with Crippen LogP contribution in [0.4, 0.5) is 0 Å². The highest BCUT2D eigenvalue weighted by Gasteiger charge is 2.09. The topological polar surface area (TPSA) is 64.9 Å². The first-order chi connectivity index (χ1) is 7.29. The molecule has 0 fully saturated rings. The molecule has 2 N–H and O–H groups in total. The lowest BCUT2D eigenvalue weighted by Crippen LogP contribution is -1.99. The Bertz CT molecular complexity index is 435. The van der Waals surface area contributed by atoms with Gasteiger partial charge in [0.2, 0.25) is 0 Å². The summed E-state index contributed by atoms with van der Waals surface area (Å²) >= 11 is 1.57. The Balaban J connectivity index is 2.13. The van der Waals surface area contributed by atoms with Gasteiger partial charge < -0.3 is 10.2 Å². The summed E-state index contributed by atoms with van der Waals surface area (Å²) in [6.45, 7) is 2.61. The van der Waals surface area contributed by atoms with Crippen LogP contribution in [0.5, 0.6) is 0 Å². The van der Waals surface area contributed by atoms with E-state index in [1.807, 2.05) is 19.1 Å². The molecule has 0 unspecified atom stereocenters. The third kappa shape index (κ3) is 2.43. The quantitative estimate of drug-likeness (QED) is 0.861. The molecular weight excluding hydrogens is 210 g/mol. The molecule has 0 aliphatic rings. The van der Waals surface area contributed by atoms with Crippen LogP contribution in [0.3, 0.4) is 0 Å². The fourth-order valence-electron chi connectivity index (χ4n) is 1.26. The van der Waals surface area contributed by atoms with E-state index in [4.69, 9.17) is 10.2 Å². The maximum absolute atomic E-state index is 5.47. The molecule has 0 saturated carbocycles. The number of furan rings is 1. The van der Waals surface area contributed by atoms with Gasteiger partial charge in [-0.05, 0) is 32.0 Å². The summed E-state index contributed by atoms with van der Waals surface area (Å²) in [5.74, 6) is 1.69. The van der Waals surface area contributed by atoms with Gasteiger partial charge in [0.15, 0.2) is 10.8 Å². The maximum Gasteiger partial charge on any atom is 0.183 e. The molecule has 0 saturated heterocycles. The fraction of sp³-hybridized carbons (Fsp3) is 0.400. The van der Waals surface area contributed by atoms with E-state index in [1.54, 1.807) is 11.3 Å². The third-order valence-corrected chi connectivity index (χ3v) is 3.01. The smallest absolute Gasteiger partial charge is 0.183 e. The Kier molecular flexibility index (Phi) is 3.13. The monoisotopic (exact) mass is 223 g/mol. The van der Waals surface area contributed by atoms with E-state index >= 15 is 0 Å². The molecule has 0 amide bonds. The van der Waals surface area contributed by atoms with Gasteiger partial charge in [-0.3, -0.25) is 0 Å². The van der Waals surface area contributed by atoms with Gasteiger partial charge in [0.25, 0.3) is 0 Å². The molecule has 2 aromatic heterocycles. The first-order valence-corrected chi connectivity index (χ1v) is 5.70. The van der Waals surface area contributed by atoms with Crippen molar-refractivity contribution >= 4 is 11.3 Å². The second-order valence-corrected chi connectivity index (χ2v) is 4.37. The van der Waals surface area contributed by atoms with Gasteiger partial charge in [0.05, 0.1) is 0 Å². The summed E-state index contributed by atoms with van der Waals surface area (Å²) in [6.07, 6.45) is 1.85. The lowest BCUT2D eigenvalue weighted by Gasteiger charge is -1.89. The van der Waals surface area contributed by atoms with Crippen molar-refractivity contribution in [3.8, 4) is 10.8 Å². The van der Waals surface area contributed by atoms with Gasteiger partial charge in [-0.25, -0.2) is 0 Å². The molecule has 0 atom stereocenters. The molecule has 2 aromatic rings. The number of aromatic nitrogens is 2. The molecule has 0 aliphatic heterocycles. The van der Waals surface area contributed by atoms with Crippen LogP contribution < -0.4 is 5.73 Å². The van der Waals surface area contributed by atoms with Crippen molar-refractivity contribution in [2.24, 2.45) is 5.73 Å². The van der Waals surface area contributed by atoms with Gasteiger partial charge in [-0.1, -0.05) is 11.3 Å². The minimum Gasteiger partial charge on any atom is -0.459 e. The lowest BCUT2D eigenvalue weighted by atomic mass is 10.3. The van der Waals surface area contributed by atoms with E-state index in [-0.39, 0.29) is 0 Å². The molecule has 80 valence electrons. The van der Waals surface area contributed by atoms with Gasteiger partial charge in [-0.15, -0.1) is 10.2 Å². The number of nitrogens with zero attached hydrogens (tertiary/aromatic N) is 2. The van der Waals surface area contributed by atoms with E-state index in [9.17, 15) is 0 Å².